The van der Waals surface area contributed by atoms with Gasteiger partial charge >= 0.3 is 0 Å². The second-order valence-corrected chi connectivity index (χ2v) is 11.4. The van der Waals surface area contributed by atoms with E-state index in [1.165, 1.54) is 12.1 Å². The predicted octanol–water partition coefficient (Wildman–Crippen LogP) is 7.06. The molecule has 2 heterocycles. The molecule has 1 unspecified atom stereocenters. The number of rotatable bonds is 4. The van der Waals surface area contributed by atoms with Crippen LogP contribution in [0.15, 0.2) is 91.0 Å². The summed E-state index contributed by atoms with van der Waals surface area (Å²) in [4.78, 5) is 21.1. The van der Waals surface area contributed by atoms with Gasteiger partial charge in [0.05, 0.1) is 5.52 Å². The van der Waals surface area contributed by atoms with Crippen LogP contribution in [-0.2, 0) is 0 Å². The van der Waals surface area contributed by atoms with Crippen molar-refractivity contribution in [2.24, 2.45) is 0 Å². The first-order valence-electron chi connectivity index (χ1n) is 14.4. The number of hydrogen-bond donors (Lipinski definition) is 2. The number of aromatic nitrogens is 1. The summed E-state index contributed by atoms with van der Waals surface area (Å²) in [6.45, 7) is 5.34. The summed E-state index contributed by atoms with van der Waals surface area (Å²) in [6, 6.07) is 28.4. The number of aliphatic hydroxyl groups is 1. The molecular formula is C36H32FN3O2. The minimum atomic E-state index is -0.882. The SMILES string of the molecule is Cc1ccc(-c2cccc3c(C(O)c4ccc(F)cc4)cccc23)c2c1[nH]c1cc(C(=O)N3CCN(C)CC3)ccc12. The Morgan fingerprint density at radius 1 is 0.833 bits per heavy atom. The van der Waals surface area contributed by atoms with Gasteiger partial charge in [0.2, 0.25) is 0 Å². The maximum absolute atomic E-state index is 13.5. The summed E-state index contributed by atoms with van der Waals surface area (Å²) in [6.07, 6.45) is -0.882. The van der Waals surface area contributed by atoms with E-state index in [1.54, 1.807) is 12.1 Å². The van der Waals surface area contributed by atoms with Gasteiger partial charge in [0, 0.05) is 48.0 Å². The lowest BCUT2D eigenvalue weighted by molar-refractivity contribution is 0.0664. The van der Waals surface area contributed by atoms with Gasteiger partial charge in [0.25, 0.3) is 5.91 Å². The molecule has 1 atom stereocenters. The van der Waals surface area contributed by atoms with Gasteiger partial charge in [-0.3, -0.25) is 4.79 Å². The number of carbonyl (C=O) groups is 1. The third-order valence-electron chi connectivity index (χ3n) is 8.73. The van der Waals surface area contributed by atoms with Crippen molar-refractivity contribution in [3.05, 3.63) is 119 Å². The van der Waals surface area contributed by atoms with E-state index < -0.39 is 6.10 Å². The molecule has 6 aromatic rings. The fourth-order valence-corrected chi connectivity index (χ4v) is 6.33. The highest BCUT2D eigenvalue weighted by Gasteiger charge is 2.22. The quantitative estimate of drug-likeness (QED) is 0.244. The first-order valence-corrected chi connectivity index (χ1v) is 14.4. The predicted molar refractivity (Wildman–Crippen MR) is 167 cm³/mol. The Kier molecular flexibility index (Phi) is 6.53. The molecule has 0 radical (unpaired) electrons. The second kappa shape index (κ2) is 10.4. The largest absolute Gasteiger partial charge is 0.384 e. The maximum Gasteiger partial charge on any atom is 0.254 e. The molecule has 0 spiro atoms. The van der Waals surface area contributed by atoms with Gasteiger partial charge in [-0.1, -0.05) is 66.7 Å². The first-order chi connectivity index (χ1) is 20.4. The summed E-state index contributed by atoms with van der Waals surface area (Å²) >= 11 is 0. The fraction of sp³-hybridized carbons (Fsp3) is 0.194. The Labute approximate surface area is 243 Å². The number of halogens is 1. The smallest absolute Gasteiger partial charge is 0.254 e. The number of aromatic amines is 1. The van der Waals surface area contributed by atoms with Crippen LogP contribution < -0.4 is 0 Å². The van der Waals surface area contributed by atoms with Crippen molar-refractivity contribution < 1.29 is 14.3 Å². The Bertz CT molecular complexity index is 1970. The van der Waals surface area contributed by atoms with Gasteiger partial charge in [-0.15, -0.1) is 0 Å². The number of benzene rings is 5. The van der Waals surface area contributed by atoms with Crippen LogP contribution >= 0.6 is 0 Å². The molecule has 42 heavy (non-hydrogen) atoms. The molecule has 7 rings (SSSR count). The zero-order chi connectivity index (χ0) is 29.0. The molecule has 1 aromatic heterocycles. The van der Waals surface area contributed by atoms with Gasteiger partial charge in [-0.05, 0) is 76.8 Å². The number of likely N-dealkylation sites (N-methyl/N-ethyl adjacent to an activating group) is 1. The molecule has 1 amide bonds. The van der Waals surface area contributed by atoms with Gasteiger partial charge in [-0.2, -0.15) is 0 Å². The van der Waals surface area contributed by atoms with Gasteiger partial charge in [-0.25, -0.2) is 4.39 Å². The molecule has 1 saturated heterocycles. The average molecular weight is 558 g/mol. The van der Waals surface area contributed by atoms with Gasteiger partial charge in [0.15, 0.2) is 0 Å². The molecule has 5 aromatic carbocycles. The molecule has 0 aliphatic carbocycles. The fourth-order valence-electron chi connectivity index (χ4n) is 6.33. The standard InChI is InChI=1S/C36H32FN3O2/c1-22-9-15-29(27-6-3-7-28-26(27)5-4-8-30(28)35(41)23-10-13-25(37)14-11-23)33-31-16-12-24(21-32(31)38-34(22)33)36(42)40-19-17-39(2)18-20-40/h3-16,21,35,38,41H,17-20H2,1-2H3. The van der Waals surface area contributed by atoms with Crippen LogP contribution in [0.2, 0.25) is 0 Å². The van der Waals surface area contributed by atoms with Crippen LogP contribution in [0.3, 0.4) is 0 Å². The second-order valence-electron chi connectivity index (χ2n) is 11.4. The van der Waals surface area contributed by atoms with Crippen molar-refractivity contribution in [3.8, 4) is 11.1 Å². The van der Waals surface area contributed by atoms with Crippen LogP contribution in [0.4, 0.5) is 4.39 Å². The number of amides is 1. The number of nitrogens with one attached hydrogen (secondary N) is 1. The lowest BCUT2D eigenvalue weighted by Crippen LogP contribution is -2.47. The summed E-state index contributed by atoms with van der Waals surface area (Å²) in [5, 5.41) is 15.4. The highest BCUT2D eigenvalue weighted by Crippen LogP contribution is 2.41. The summed E-state index contributed by atoms with van der Waals surface area (Å²) in [5.74, 6) is -0.258. The average Bonchev–Trinajstić information content (AvgIpc) is 3.41. The number of carbonyl (C=O) groups excluding carboxylic acids is 1. The monoisotopic (exact) mass is 557 g/mol. The van der Waals surface area contributed by atoms with Crippen molar-refractivity contribution in [1.82, 2.24) is 14.8 Å². The van der Waals surface area contributed by atoms with Crippen LogP contribution in [0.25, 0.3) is 43.7 Å². The Balaban J connectivity index is 1.35. The minimum absolute atomic E-state index is 0.0712. The Hall–Kier alpha value is -4.52. The zero-order valence-electron chi connectivity index (χ0n) is 23.7. The van der Waals surface area contributed by atoms with Crippen molar-refractivity contribution in [1.29, 1.82) is 0 Å². The van der Waals surface area contributed by atoms with Crippen molar-refractivity contribution >= 4 is 38.5 Å². The van der Waals surface area contributed by atoms with E-state index in [2.05, 4.69) is 54.2 Å². The lowest BCUT2D eigenvalue weighted by atomic mass is 9.90. The van der Waals surface area contributed by atoms with Gasteiger partial charge in [0.1, 0.15) is 11.9 Å². The van der Waals surface area contributed by atoms with E-state index in [4.69, 9.17) is 0 Å². The molecule has 1 aliphatic rings. The molecule has 210 valence electrons. The van der Waals surface area contributed by atoms with Crippen LogP contribution in [0, 0.1) is 12.7 Å². The zero-order valence-corrected chi connectivity index (χ0v) is 23.7. The van der Waals surface area contributed by atoms with E-state index in [9.17, 15) is 14.3 Å². The number of fused-ring (bicyclic) bond motifs is 4. The van der Waals surface area contributed by atoms with E-state index >= 15 is 0 Å². The summed E-state index contributed by atoms with van der Waals surface area (Å²) in [5.41, 5.74) is 7.37. The minimum Gasteiger partial charge on any atom is -0.384 e. The first kappa shape index (κ1) is 26.4. The molecule has 0 bridgehead atoms. The number of aryl methyl sites for hydroxylation is 1. The normalized spacial score (nSPS) is 15.1. The molecule has 2 N–H and O–H groups in total. The highest BCUT2D eigenvalue weighted by molar-refractivity contribution is 6.18. The lowest BCUT2D eigenvalue weighted by Gasteiger charge is -2.32. The van der Waals surface area contributed by atoms with Crippen molar-refractivity contribution in [2.75, 3.05) is 33.2 Å². The Morgan fingerprint density at radius 2 is 1.57 bits per heavy atom. The van der Waals surface area contributed by atoms with E-state index in [-0.39, 0.29) is 11.7 Å². The van der Waals surface area contributed by atoms with Crippen molar-refractivity contribution in [2.45, 2.75) is 13.0 Å². The van der Waals surface area contributed by atoms with E-state index in [0.717, 1.165) is 81.0 Å². The third kappa shape index (κ3) is 4.44. The number of aliphatic hydroxyl groups excluding tert-OH is 1. The molecule has 6 heteroatoms. The number of nitrogens with zero attached hydrogens (tertiary/aromatic N) is 2. The van der Waals surface area contributed by atoms with E-state index in [0.29, 0.717) is 11.1 Å². The van der Waals surface area contributed by atoms with E-state index in [1.807, 2.05) is 41.3 Å². The number of piperazine rings is 1. The van der Waals surface area contributed by atoms with Crippen LogP contribution in [0.1, 0.15) is 33.2 Å². The topological polar surface area (TPSA) is 59.6 Å². The van der Waals surface area contributed by atoms with Crippen molar-refractivity contribution in [3.63, 3.8) is 0 Å². The summed E-state index contributed by atoms with van der Waals surface area (Å²) in [7, 11) is 2.09. The molecular weight excluding hydrogens is 525 g/mol. The number of H-pyrrole nitrogens is 1. The van der Waals surface area contributed by atoms with Crippen LogP contribution in [-0.4, -0.2) is 59.0 Å². The van der Waals surface area contributed by atoms with Gasteiger partial charge < -0.3 is 19.9 Å². The van der Waals surface area contributed by atoms with Crippen LogP contribution in [0.5, 0.6) is 0 Å². The molecule has 5 nitrogen and oxygen atoms in total. The summed E-state index contributed by atoms with van der Waals surface area (Å²) < 4.78 is 13.5. The third-order valence-corrected chi connectivity index (χ3v) is 8.73. The molecule has 1 fully saturated rings. The molecule has 1 aliphatic heterocycles. The highest BCUT2D eigenvalue weighted by atomic mass is 19.1. The Morgan fingerprint density at radius 3 is 2.36 bits per heavy atom. The number of hydrogen-bond acceptors (Lipinski definition) is 3. The molecule has 0 saturated carbocycles. The maximum atomic E-state index is 13.5.